The zero-order valence-electron chi connectivity index (χ0n) is 8.58. The van der Waals surface area contributed by atoms with Crippen LogP contribution in [0.15, 0.2) is 25.3 Å². The second kappa shape index (κ2) is 6.04. The van der Waals surface area contributed by atoms with E-state index in [4.69, 9.17) is 11.2 Å². The summed E-state index contributed by atoms with van der Waals surface area (Å²) in [4.78, 5) is 10.9. The van der Waals surface area contributed by atoms with Gasteiger partial charge < -0.3 is 4.74 Å². The average molecular weight is 192 g/mol. The molecule has 0 saturated carbocycles. The van der Waals surface area contributed by atoms with Gasteiger partial charge in [0.2, 0.25) is 0 Å². The summed E-state index contributed by atoms with van der Waals surface area (Å²) in [5, 5.41) is 0. The van der Waals surface area contributed by atoms with Gasteiger partial charge in [-0.05, 0) is 6.42 Å². The van der Waals surface area contributed by atoms with E-state index in [2.05, 4.69) is 19.1 Å². The normalized spacial score (nSPS) is 13.4. The Morgan fingerprint density at radius 3 is 2.57 bits per heavy atom. The molecule has 0 aromatic rings. The molecule has 0 radical (unpaired) electrons. The van der Waals surface area contributed by atoms with E-state index in [-0.39, 0.29) is 5.97 Å². The minimum Gasteiger partial charge on any atom is -0.446 e. The van der Waals surface area contributed by atoms with Gasteiger partial charge in [0.05, 0.1) is 0 Å². The van der Waals surface area contributed by atoms with Gasteiger partial charge in [-0.25, -0.2) is 0 Å². The van der Waals surface area contributed by atoms with E-state index in [1.165, 1.54) is 6.92 Å². The quantitative estimate of drug-likeness (QED) is 0.367. The van der Waals surface area contributed by atoms with Gasteiger partial charge >= 0.3 is 5.97 Å². The van der Waals surface area contributed by atoms with Gasteiger partial charge in [-0.2, -0.15) is 0 Å². The molecule has 1 atom stereocenters. The Bertz CT molecular complexity index is 260. The van der Waals surface area contributed by atoms with E-state index >= 15 is 0 Å². The number of carbonyl (C=O) groups excluding carboxylic acids is 1. The first-order valence-electron chi connectivity index (χ1n) is 4.49. The first-order chi connectivity index (χ1) is 6.60. The molecule has 0 aliphatic heterocycles. The smallest absolute Gasteiger partial charge is 0.304 e. The van der Waals surface area contributed by atoms with Crippen molar-refractivity contribution in [2.75, 3.05) is 0 Å². The number of hydrogen-bond acceptors (Lipinski definition) is 2. The standard InChI is InChI=1S/C12H16O2/c1-5-8-10-12(7-3,9-6-2)14-11(4)13/h3,5-6H,1-2,8-10H2,4H3. The molecule has 0 aromatic heterocycles. The molecule has 0 aliphatic rings. The van der Waals surface area contributed by atoms with Crippen molar-refractivity contribution in [2.24, 2.45) is 0 Å². The van der Waals surface area contributed by atoms with Crippen LogP contribution in [0.4, 0.5) is 0 Å². The third-order valence-electron chi connectivity index (χ3n) is 1.83. The summed E-state index contributed by atoms with van der Waals surface area (Å²) >= 11 is 0. The van der Waals surface area contributed by atoms with Crippen LogP contribution in [-0.2, 0) is 9.53 Å². The molecule has 2 nitrogen and oxygen atoms in total. The van der Waals surface area contributed by atoms with Crippen molar-refractivity contribution in [2.45, 2.75) is 31.8 Å². The second-order valence-electron chi connectivity index (χ2n) is 3.05. The first kappa shape index (κ1) is 12.5. The second-order valence-corrected chi connectivity index (χ2v) is 3.05. The largest absolute Gasteiger partial charge is 0.446 e. The molecule has 14 heavy (non-hydrogen) atoms. The van der Waals surface area contributed by atoms with E-state index in [1.807, 2.05) is 0 Å². The van der Waals surface area contributed by atoms with E-state index in [1.54, 1.807) is 12.2 Å². The van der Waals surface area contributed by atoms with Gasteiger partial charge in [0, 0.05) is 19.8 Å². The lowest BCUT2D eigenvalue weighted by Crippen LogP contribution is -2.32. The molecule has 0 saturated heterocycles. The van der Waals surface area contributed by atoms with Crippen molar-refractivity contribution in [1.29, 1.82) is 0 Å². The molecule has 0 bridgehead atoms. The maximum Gasteiger partial charge on any atom is 0.304 e. The predicted octanol–water partition coefficient (Wildman–Crippen LogP) is 2.46. The molecular formula is C12H16O2. The van der Waals surface area contributed by atoms with Crippen LogP contribution in [-0.4, -0.2) is 11.6 Å². The van der Waals surface area contributed by atoms with Crippen LogP contribution >= 0.6 is 0 Å². The van der Waals surface area contributed by atoms with Gasteiger partial charge in [0.25, 0.3) is 0 Å². The lowest BCUT2D eigenvalue weighted by molar-refractivity contribution is -0.151. The fraction of sp³-hybridized carbons (Fsp3) is 0.417. The summed E-state index contributed by atoms with van der Waals surface area (Å²) in [6.45, 7) is 8.55. The fourth-order valence-electron chi connectivity index (χ4n) is 1.20. The summed E-state index contributed by atoms with van der Waals surface area (Å²) in [6.07, 6.45) is 10.5. The number of carbonyl (C=O) groups is 1. The van der Waals surface area contributed by atoms with Crippen LogP contribution in [0, 0.1) is 12.3 Å². The monoisotopic (exact) mass is 192 g/mol. The maximum atomic E-state index is 10.9. The summed E-state index contributed by atoms with van der Waals surface area (Å²) in [6, 6.07) is 0. The minimum absolute atomic E-state index is 0.367. The van der Waals surface area contributed by atoms with E-state index in [0.29, 0.717) is 19.3 Å². The fourth-order valence-corrected chi connectivity index (χ4v) is 1.20. The third-order valence-corrected chi connectivity index (χ3v) is 1.83. The summed E-state index contributed by atoms with van der Waals surface area (Å²) < 4.78 is 5.14. The average Bonchev–Trinajstić information content (AvgIpc) is 2.14. The highest BCUT2D eigenvalue weighted by Crippen LogP contribution is 2.22. The summed E-state index contributed by atoms with van der Waals surface area (Å²) in [5.41, 5.74) is -0.845. The minimum atomic E-state index is -0.845. The summed E-state index contributed by atoms with van der Waals surface area (Å²) in [5.74, 6) is 2.15. The van der Waals surface area contributed by atoms with Crippen molar-refractivity contribution in [3.05, 3.63) is 25.3 Å². The molecule has 0 aromatic carbocycles. The zero-order valence-corrected chi connectivity index (χ0v) is 8.58. The molecule has 0 amide bonds. The predicted molar refractivity (Wildman–Crippen MR) is 57.6 cm³/mol. The molecule has 1 unspecified atom stereocenters. The molecule has 0 fully saturated rings. The van der Waals surface area contributed by atoms with Crippen molar-refractivity contribution in [1.82, 2.24) is 0 Å². The van der Waals surface area contributed by atoms with Crippen LogP contribution in [0.3, 0.4) is 0 Å². The number of rotatable bonds is 6. The Labute approximate surface area is 85.6 Å². The van der Waals surface area contributed by atoms with Crippen LogP contribution in [0.2, 0.25) is 0 Å². The molecule has 0 spiro atoms. The van der Waals surface area contributed by atoms with Gasteiger partial charge in [-0.1, -0.05) is 18.1 Å². The van der Waals surface area contributed by atoms with Gasteiger partial charge in [-0.3, -0.25) is 4.79 Å². The topological polar surface area (TPSA) is 26.3 Å². The van der Waals surface area contributed by atoms with E-state index in [9.17, 15) is 4.79 Å². The van der Waals surface area contributed by atoms with E-state index in [0.717, 1.165) is 0 Å². The number of esters is 1. The van der Waals surface area contributed by atoms with Crippen LogP contribution in [0.1, 0.15) is 26.2 Å². The third kappa shape index (κ3) is 3.95. The number of terminal acetylenes is 1. The molecular weight excluding hydrogens is 176 g/mol. The van der Waals surface area contributed by atoms with Crippen molar-refractivity contribution < 1.29 is 9.53 Å². The highest BCUT2D eigenvalue weighted by molar-refractivity contribution is 5.67. The highest BCUT2D eigenvalue weighted by Gasteiger charge is 2.28. The number of ether oxygens (including phenoxy) is 1. The zero-order chi connectivity index (χ0) is 11.0. The maximum absolute atomic E-state index is 10.9. The van der Waals surface area contributed by atoms with Crippen molar-refractivity contribution in [3.63, 3.8) is 0 Å². The van der Waals surface area contributed by atoms with Crippen LogP contribution < -0.4 is 0 Å². The summed E-state index contributed by atoms with van der Waals surface area (Å²) in [7, 11) is 0. The van der Waals surface area contributed by atoms with Gasteiger partial charge in [-0.15, -0.1) is 19.6 Å². The lowest BCUT2D eigenvalue weighted by Gasteiger charge is -2.26. The molecule has 0 aliphatic carbocycles. The Balaban J connectivity index is 4.59. The first-order valence-corrected chi connectivity index (χ1v) is 4.49. The van der Waals surface area contributed by atoms with Gasteiger partial charge in [0.15, 0.2) is 5.60 Å². The molecule has 0 N–H and O–H groups in total. The Kier molecular flexibility index (Phi) is 5.40. The number of allylic oxidation sites excluding steroid dienone is 1. The molecule has 0 heterocycles. The Morgan fingerprint density at radius 1 is 1.57 bits per heavy atom. The van der Waals surface area contributed by atoms with E-state index < -0.39 is 5.60 Å². The molecule has 2 heteroatoms. The molecule has 0 rings (SSSR count). The van der Waals surface area contributed by atoms with Crippen LogP contribution in [0.25, 0.3) is 0 Å². The van der Waals surface area contributed by atoms with Crippen molar-refractivity contribution >= 4 is 5.97 Å². The Morgan fingerprint density at radius 2 is 2.21 bits per heavy atom. The van der Waals surface area contributed by atoms with Crippen molar-refractivity contribution in [3.8, 4) is 12.3 Å². The number of hydrogen-bond donors (Lipinski definition) is 0. The van der Waals surface area contributed by atoms with Gasteiger partial charge in [0.1, 0.15) is 0 Å². The Hall–Kier alpha value is -1.49. The molecule has 76 valence electrons. The SMILES string of the molecule is C#CC(CC=C)(CCC=C)OC(C)=O. The van der Waals surface area contributed by atoms with Crippen LogP contribution in [0.5, 0.6) is 0 Å². The highest BCUT2D eigenvalue weighted by atomic mass is 16.6. The lowest BCUT2D eigenvalue weighted by atomic mass is 9.94.